The van der Waals surface area contributed by atoms with Gasteiger partial charge in [0.25, 0.3) is 11.5 Å². The zero-order valence-corrected chi connectivity index (χ0v) is 14.0. The van der Waals surface area contributed by atoms with Crippen molar-refractivity contribution in [2.24, 2.45) is 0 Å². The summed E-state index contributed by atoms with van der Waals surface area (Å²) in [6.45, 7) is 0.301. The number of nitrogens with one attached hydrogen (secondary N) is 1. The molecule has 130 valence electrons. The van der Waals surface area contributed by atoms with Gasteiger partial charge in [-0.05, 0) is 55.0 Å². The van der Waals surface area contributed by atoms with Crippen molar-refractivity contribution >= 4 is 11.9 Å². The standard InChI is InChI=1S/C19H20N2O4/c1-21(11-12-6-8-13(9-7-12)19(24)25)18(23)15-10-14-4-2-3-5-16(14)20-17(15)22/h6-10H,2-5,11H2,1H3,(H,20,22)(H,24,25). The first kappa shape index (κ1) is 17.0. The number of carboxylic acids is 1. The first-order valence-electron chi connectivity index (χ1n) is 8.28. The number of carbonyl (C=O) groups excluding carboxylic acids is 1. The second-order valence-corrected chi connectivity index (χ2v) is 6.39. The van der Waals surface area contributed by atoms with Gasteiger partial charge in [-0.1, -0.05) is 12.1 Å². The monoisotopic (exact) mass is 340 g/mol. The Hall–Kier alpha value is -2.89. The van der Waals surface area contributed by atoms with Crippen LogP contribution in [0.4, 0.5) is 0 Å². The van der Waals surface area contributed by atoms with Crippen LogP contribution in [0.3, 0.4) is 0 Å². The van der Waals surface area contributed by atoms with Crippen LogP contribution in [-0.2, 0) is 19.4 Å². The van der Waals surface area contributed by atoms with Crippen molar-refractivity contribution in [2.45, 2.75) is 32.2 Å². The third kappa shape index (κ3) is 3.63. The molecule has 0 saturated carbocycles. The zero-order chi connectivity index (χ0) is 18.0. The summed E-state index contributed by atoms with van der Waals surface area (Å²) < 4.78 is 0. The number of fused-ring (bicyclic) bond motifs is 1. The highest BCUT2D eigenvalue weighted by Gasteiger charge is 2.20. The molecule has 0 bridgehead atoms. The van der Waals surface area contributed by atoms with Crippen molar-refractivity contribution in [3.63, 3.8) is 0 Å². The fraction of sp³-hybridized carbons (Fsp3) is 0.316. The van der Waals surface area contributed by atoms with Crippen LogP contribution in [0.1, 0.15) is 50.4 Å². The van der Waals surface area contributed by atoms with E-state index < -0.39 is 5.97 Å². The Morgan fingerprint density at radius 1 is 1.16 bits per heavy atom. The number of aromatic amines is 1. The molecular weight excluding hydrogens is 320 g/mol. The van der Waals surface area contributed by atoms with E-state index >= 15 is 0 Å². The fourth-order valence-corrected chi connectivity index (χ4v) is 3.14. The number of hydrogen-bond acceptors (Lipinski definition) is 3. The summed E-state index contributed by atoms with van der Waals surface area (Å²) >= 11 is 0. The van der Waals surface area contributed by atoms with Crippen LogP contribution in [0.5, 0.6) is 0 Å². The lowest BCUT2D eigenvalue weighted by Crippen LogP contribution is -2.32. The Balaban J connectivity index is 1.78. The van der Waals surface area contributed by atoms with Gasteiger partial charge >= 0.3 is 5.97 Å². The quantitative estimate of drug-likeness (QED) is 0.893. The molecule has 2 N–H and O–H groups in total. The van der Waals surface area contributed by atoms with Crippen LogP contribution in [0.15, 0.2) is 35.1 Å². The van der Waals surface area contributed by atoms with E-state index in [-0.39, 0.29) is 22.6 Å². The molecule has 1 aliphatic carbocycles. The summed E-state index contributed by atoms with van der Waals surface area (Å²) in [5.74, 6) is -1.33. The molecule has 0 atom stereocenters. The minimum absolute atomic E-state index is 0.158. The molecule has 0 aliphatic heterocycles. The van der Waals surface area contributed by atoms with Gasteiger partial charge in [-0.2, -0.15) is 0 Å². The molecule has 6 nitrogen and oxygen atoms in total. The maximum atomic E-state index is 12.6. The Bertz CT molecular complexity index is 868. The van der Waals surface area contributed by atoms with E-state index in [0.29, 0.717) is 6.54 Å². The van der Waals surface area contributed by atoms with E-state index in [1.807, 2.05) is 0 Å². The molecule has 2 aromatic rings. The SMILES string of the molecule is CN(Cc1ccc(C(=O)O)cc1)C(=O)c1cc2c([nH]c1=O)CCCC2. The summed E-state index contributed by atoms with van der Waals surface area (Å²) in [5, 5.41) is 8.92. The number of carboxylic acid groups (broad SMARTS) is 1. The molecule has 3 rings (SSSR count). The van der Waals surface area contributed by atoms with E-state index in [0.717, 1.165) is 42.5 Å². The molecule has 1 heterocycles. The second kappa shape index (κ2) is 6.93. The number of amides is 1. The topological polar surface area (TPSA) is 90.5 Å². The van der Waals surface area contributed by atoms with Crippen LogP contribution in [0.2, 0.25) is 0 Å². The molecule has 1 aromatic carbocycles. The van der Waals surface area contributed by atoms with Crippen molar-refractivity contribution in [1.29, 1.82) is 0 Å². The third-order valence-electron chi connectivity index (χ3n) is 4.54. The lowest BCUT2D eigenvalue weighted by atomic mass is 9.95. The first-order chi connectivity index (χ1) is 12.0. The van der Waals surface area contributed by atoms with Gasteiger partial charge in [0.05, 0.1) is 5.56 Å². The Labute approximate surface area is 145 Å². The molecule has 0 fully saturated rings. The summed E-state index contributed by atoms with van der Waals surface area (Å²) in [6.07, 6.45) is 3.86. The highest BCUT2D eigenvalue weighted by Crippen LogP contribution is 2.19. The van der Waals surface area contributed by atoms with E-state index in [2.05, 4.69) is 4.98 Å². The predicted octanol–water partition coefficient (Wildman–Crippen LogP) is 2.22. The molecule has 0 spiro atoms. The number of hydrogen-bond donors (Lipinski definition) is 2. The summed E-state index contributed by atoms with van der Waals surface area (Å²) in [4.78, 5) is 40.1. The average molecular weight is 340 g/mol. The van der Waals surface area contributed by atoms with Crippen molar-refractivity contribution in [3.05, 3.63) is 68.6 Å². The van der Waals surface area contributed by atoms with Crippen LogP contribution in [0, 0.1) is 0 Å². The molecule has 1 amide bonds. The van der Waals surface area contributed by atoms with Crippen LogP contribution in [0.25, 0.3) is 0 Å². The Kier molecular flexibility index (Phi) is 4.70. The van der Waals surface area contributed by atoms with E-state index in [1.54, 1.807) is 25.2 Å². The molecule has 1 aromatic heterocycles. The van der Waals surface area contributed by atoms with Crippen molar-refractivity contribution in [3.8, 4) is 0 Å². The van der Waals surface area contributed by atoms with E-state index in [4.69, 9.17) is 5.11 Å². The lowest BCUT2D eigenvalue weighted by molar-refractivity contribution is 0.0695. The molecule has 1 aliphatic rings. The fourth-order valence-electron chi connectivity index (χ4n) is 3.14. The van der Waals surface area contributed by atoms with Crippen molar-refractivity contribution < 1.29 is 14.7 Å². The number of nitrogens with zero attached hydrogens (tertiary/aromatic N) is 1. The van der Waals surface area contributed by atoms with Crippen LogP contribution < -0.4 is 5.56 Å². The number of rotatable bonds is 4. The minimum atomic E-state index is -0.989. The predicted molar refractivity (Wildman–Crippen MR) is 92.9 cm³/mol. The minimum Gasteiger partial charge on any atom is -0.478 e. The number of carbonyl (C=O) groups is 2. The molecular formula is C19H20N2O4. The number of aromatic nitrogens is 1. The number of pyridine rings is 1. The molecule has 0 unspecified atom stereocenters. The highest BCUT2D eigenvalue weighted by molar-refractivity contribution is 5.94. The number of benzene rings is 1. The zero-order valence-electron chi connectivity index (χ0n) is 14.0. The largest absolute Gasteiger partial charge is 0.478 e. The molecule has 25 heavy (non-hydrogen) atoms. The molecule has 0 radical (unpaired) electrons. The van der Waals surface area contributed by atoms with Gasteiger partial charge in [0.15, 0.2) is 0 Å². The Morgan fingerprint density at radius 3 is 2.52 bits per heavy atom. The van der Waals surface area contributed by atoms with Gasteiger partial charge in [0.2, 0.25) is 0 Å². The smallest absolute Gasteiger partial charge is 0.335 e. The maximum Gasteiger partial charge on any atom is 0.335 e. The third-order valence-corrected chi connectivity index (χ3v) is 4.54. The van der Waals surface area contributed by atoms with Gasteiger partial charge < -0.3 is 15.0 Å². The van der Waals surface area contributed by atoms with Crippen molar-refractivity contribution in [1.82, 2.24) is 9.88 Å². The summed E-state index contributed by atoms with van der Waals surface area (Å²) in [7, 11) is 1.63. The average Bonchev–Trinajstić information content (AvgIpc) is 2.61. The highest BCUT2D eigenvalue weighted by atomic mass is 16.4. The summed E-state index contributed by atoms with van der Waals surface area (Å²) in [6, 6.07) is 8.07. The van der Waals surface area contributed by atoms with Gasteiger partial charge in [-0.25, -0.2) is 4.79 Å². The van der Waals surface area contributed by atoms with Crippen molar-refractivity contribution in [2.75, 3.05) is 7.05 Å². The Morgan fingerprint density at radius 2 is 1.84 bits per heavy atom. The number of H-pyrrole nitrogens is 1. The van der Waals surface area contributed by atoms with Gasteiger partial charge in [-0.3, -0.25) is 9.59 Å². The molecule has 0 saturated heterocycles. The van der Waals surface area contributed by atoms with Gasteiger partial charge in [-0.15, -0.1) is 0 Å². The maximum absolute atomic E-state index is 12.6. The van der Waals surface area contributed by atoms with Gasteiger partial charge in [0, 0.05) is 19.3 Å². The van der Waals surface area contributed by atoms with E-state index in [9.17, 15) is 14.4 Å². The number of aromatic carboxylic acids is 1. The normalized spacial score (nSPS) is 13.2. The van der Waals surface area contributed by atoms with Crippen LogP contribution >= 0.6 is 0 Å². The summed E-state index contributed by atoms with van der Waals surface area (Å²) in [5.41, 5.74) is 2.80. The lowest BCUT2D eigenvalue weighted by Gasteiger charge is -2.19. The second-order valence-electron chi connectivity index (χ2n) is 6.39. The first-order valence-corrected chi connectivity index (χ1v) is 8.28. The van der Waals surface area contributed by atoms with E-state index in [1.165, 1.54) is 17.0 Å². The number of aryl methyl sites for hydroxylation is 2. The molecule has 6 heteroatoms. The van der Waals surface area contributed by atoms with Gasteiger partial charge in [0.1, 0.15) is 5.56 Å². The van der Waals surface area contributed by atoms with Crippen LogP contribution in [-0.4, -0.2) is 33.9 Å².